The van der Waals surface area contributed by atoms with Gasteiger partial charge in [-0.3, -0.25) is 10.2 Å². The minimum atomic E-state index is -4.97. The van der Waals surface area contributed by atoms with E-state index in [9.17, 15) is 22.8 Å². The molecule has 182 valence electrons. The summed E-state index contributed by atoms with van der Waals surface area (Å²) in [6, 6.07) is 4.35. The highest BCUT2D eigenvalue weighted by Gasteiger charge is 2.45. The van der Waals surface area contributed by atoms with Crippen molar-refractivity contribution in [3.63, 3.8) is 0 Å². The van der Waals surface area contributed by atoms with Crippen molar-refractivity contribution in [1.29, 1.82) is 5.41 Å². The van der Waals surface area contributed by atoms with Gasteiger partial charge in [-0.15, -0.1) is 0 Å². The molecular formula is C22H30F3N5O3. The second-order valence-electron chi connectivity index (χ2n) is 9.67. The Bertz CT molecular complexity index is 1090. The fraction of sp³-hybridized carbons (Fsp3) is 0.591. The summed E-state index contributed by atoms with van der Waals surface area (Å²) in [6.45, 7) is 7.49. The van der Waals surface area contributed by atoms with Crippen LogP contribution in [0.5, 0.6) is 0 Å². The van der Waals surface area contributed by atoms with Gasteiger partial charge >= 0.3 is 18.2 Å². The average molecular weight is 470 g/mol. The van der Waals surface area contributed by atoms with Gasteiger partial charge in [0.05, 0.1) is 11.0 Å². The highest BCUT2D eigenvalue weighted by Crippen LogP contribution is 2.31. The number of halogens is 3. The van der Waals surface area contributed by atoms with Crippen LogP contribution in [0, 0.1) is 10.8 Å². The first-order valence-electron chi connectivity index (χ1n) is 10.8. The molecule has 0 saturated carbocycles. The number of alkyl halides is 3. The molecule has 0 aliphatic carbocycles. The van der Waals surface area contributed by atoms with Crippen molar-refractivity contribution in [3.05, 3.63) is 29.4 Å². The Kier molecular flexibility index (Phi) is 6.54. The first kappa shape index (κ1) is 24.7. The Balaban J connectivity index is 1.90. The number of H-pyrrole nitrogens is 1. The smallest absolute Gasteiger partial charge is 0.465 e. The van der Waals surface area contributed by atoms with E-state index in [2.05, 4.69) is 4.98 Å². The molecule has 1 atom stereocenters. The third-order valence-corrected chi connectivity index (χ3v) is 6.49. The van der Waals surface area contributed by atoms with Crippen LogP contribution in [-0.4, -0.2) is 61.8 Å². The molecule has 1 aromatic heterocycles. The Morgan fingerprint density at radius 1 is 1.24 bits per heavy atom. The van der Waals surface area contributed by atoms with Gasteiger partial charge in [-0.25, -0.2) is 4.79 Å². The summed E-state index contributed by atoms with van der Waals surface area (Å²) in [5, 5.41) is 17.5. The van der Waals surface area contributed by atoms with Crippen molar-refractivity contribution >= 4 is 23.0 Å². The van der Waals surface area contributed by atoms with Gasteiger partial charge in [-0.2, -0.15) is 13.2 Å². The lowest BCUT2D eigenvalue weighted by atomic mass is 9.86. The Labute approximate surface area is 189 Å². The first-order chi connectivity index (χ1) is 15.2. The van der Waals surface area contributed by atoms with E-state index in [0.29, 0.717) is 37.0 Å². The average Bonchev–Trinajstić information content (AvgIpc) is 3.04. The van der Waals surface area contributed by atoms with Crippen molar-refractivity contribution < 1.29 is 27.9 Å². The van der Waals surface area contributed by atoms with E-state index in [1.54, 1.807) is 50.5 Å². The molecule has 2 aromatic rings. The predicted molar refractivity (Wildman–Crippen MR) is 116 cm³/mol. The number of likely N-dealkylation sites (tertiary alicyclic amines) is 1. The molecule has 11 heteroatoms. The Hall–Kier alpha value is -2.98. The second kappa shape index (κ2) is 8.75. The monoisotopic (exact) mass is 469 g/mol. The van der Waals surface area contributed by atoms with E-state index >= 15 is 0 Å². The molecule has 3 N–H and O–H groups in total. The van der Waals surface area contributed by atoms with Crippen LogP contribution in [0.15, 0.2) is 18.2 Å². The molecular weight excluding hydrogens is 439 g/mol. The molecule has 2 heterocycles. The molecule has 1 aliphatic heterocycles. The zero-order chi connectivity index (χ0) is 24.7. The van der Waals surface area contributed by atoms with Gasteiger partial charge in [0, 0.05) is 31.7 Å². The molecule has 3 rings (SSSR count). The van der Waals surface area contributed by atoms with Gasteiger partial charge in [-0.05, 0) is 42.9 Å². The van der Waals surface area contributed by atoms with E-state index in [4.69, 9.17) is 10.5 Å². The fourth-order valence-electron chi connectivity index (χ4n) is 4.21. The normalized spacial score (nSPS) is 16.8. The number of piperidine rings is 1. The van der Waals surface area contributed by atoms with Crippen LogP contribution in [0.3, 0.4) is 0 Å². The number of nitrogens with one attached hydrogen (secondary N) is 2. The molecule has 1 aliphatic rings. The molecule has 1 aromatic carbocycles. The standard InChI is InChI=1S/C22H30F3N5O3/c1-13(21(2,3)4)29(18(31)22(23,24)25)12-14-5-6-17-16(11-14)27-19(26)30(17)15-7-9-28(10-8-15)20(32)33/h5-6,11,13,15H,7-10,12H2,1-4H3,(H2,26,27)(H,32,33). The summed E-state index contributed by atoms with van der Waals surface area (Å²) in [5.74, 6) is -1.88. The van der Waals surface area contributed by atoms with E-state index in [1.165, 1.54) is 4.90 Å². The number of carbonyl (C=O) groups is 2. The van der Waals surface area contributed by atoms with Crippen molar-refractivity contribution in [2.45, 2.75) is 65.3 Å². The number of amides is 2. The third kappa shape index (κ3) is 5.17. The molecule has 33 heavy (non-hydrogen) atoms. The maximum absolute atomic E-state index is 13.3. The minimum Gasteiger partial charge on any atom is -0.465 e. The predicted octanol–water partition coefficient (Wildman–Crippen LogP) is 4.09. The molecule has 1 unspecified atom stereocenters. The topological polar surface area (TPSA) is 105 Å². The summed E-state index contributed by atoms with van der Waals surface area (Å²) in [4.78, 5) is 28.5. The molecule has 0 bridgehead atoms. The number of rotatable bonds is 4. The van der Waals surface area contributed by atoms with Crippen LogP contribution < -0.4 is 5.62 Å². The van der Waals surface area contributed by atoms with Crippen LogP contribution in [0.1, 0.15) is 52.1 Å². The quantitative estimate of drug-likeness (QED) is 0.628. The van der Waals surface area contributed by atoms with Crippen molar-refractivity contribution in [3.8, 4) is 0 Å². The summed E-state index contributed by atoms with van der Waals surface area (Å²) in [6.07, 6.45) is -4.81. The molecule has 8 nitrogen and oxygen atoms in total. The maximum atomic E-state index is 13.3. The summed E-state index contributed by atoms with van der Waals surface area (Å²) >= 11 is 0. The Morgan fingerprint density at radius 3 is 2.36 bits per heavy atom. The van der Waals surface area contributed by atoms with Gasteiger partial charge < -0.3 is 24.5 Å². The summed E-state index contributed by atoms with van der Waals surface area (Å²) in [5.41, 5.74) is 1.41. The van der Waals surface area contributed by atoms with Crippen LogP contribution in [-0.2, 0) is 11.3 Å². The van der Waals surface area contributed by atoms with Crippen molar-refractivity contribution in [2.75, 3.05) is 13.1 Å². The van der Waals surface area contributed by atoms with Crippen LogP contribution in [0.4, 0.5) is 18.0 Å². The molecule has 1 saturated heterocycles. The zero-order valence-corrected chi connectivity index (χ0v) is 19.2. The van der Waals surface area contributed by atoms with Crippen molar-refractivity contribution in [2.24, 2.45) is 5.41 Å². The molecule has 2 amide bonds. The van der Waals surface area contributed by atoms with E-state index < -0.39 is 29.6 Å². The molecule has 0 spiro atoms. The van der Waals surface area contributed by atoms with Gasteiger partial charge in [-0.1, -0.05) is 26.8 Å². The van der Waals surface area contributed by atoms with E-state index in [0.717, 1.165) is 10.4 Å². The maximum Gasteiger partial charge on any atom is 0.471 e. The van der Waals surface area contributed by atoms with Crippen LogP contribution >= 0.6 is 0 Å². The lowest BCUT2D eigenvalue weighted by Gasteiger charge is -2.38. The largest absolute Gasteiger partial charge is 0.471 e. The highest BCUT2D eigenvalue weighted by molar-refractivity contribution is 5.82. The minimum absolute atomic E-state index is 0.0584. The number of hydrogen-bond acceptors (Lipinski definition) is 3. The number of benzene rings is 1. The number of nitrogens with zero attached hydrogens (tertiary/aromatic N) is 3. The van der Waals surface area contributed by atoms with Crippen LogP contribution in [0.2, 0.25) is 0 Å². The second-order valence-corrected chi connectivity index (χ2v) is 9.67. The lowest BCUT2D eigenvalue weighted by Crippen LogP contribution is -2.50. The third-order valence-electron chi connectivity index (χ3n) is 6.49. The zero-order valence-electron chi connectivity index (χ0n) is 19.2. The first-order valence-corrected chi connectivity index (χ1v) is 10.8. The number of imidazole rings is 1. The summed E-state index contributed by atoms with van der Waals surface area (Å²) in [7, 11) is 0. The Morgan fingerprint density at radius 2 is 1.85 bits per heavy atom. The number of hydrogen-bond donors (Lipinski definition) is 3. The van der Waals surface area contributed by atoms with Crippen LogP contribution in [0.25, 0.3) is 11.0 Å². The summed E-state index contributed by atoms with van der Waals surface area (Å²) < 4.78 is 41.6. The number of fused-ring (bicyclic) bond motifs is 1. The number of carbonyl (C=O) groups excluding carboxylic acids is 1. The van der Waals surface area contributed by atoms with Crippen molar-refractivity contribution in [1.82, 2.24) is 19.4 Å². The SMILES string of the molecule is CC(N(Cc1ccc2c(c1)[nH]c(=N)n2C1CCN(C(=O)O)CC1)C(=O)C(F)(F)F)C(C)(C)C. The number of aromatic nitrogens is 2. The van der Waals surface area contributed by atoms with Gasteiger partial charge in [0.25, 0.3) is 0 Å². The molecule has 0 radical (unpaired) electrons. The van der Waals surface area contributed by atoms with Gasteiger partial charge in [0.15, 0.2) is 0 Å². The number of aromatic amines is 1. The molecule has 1 fully saturated rings. The van der Waals surface area contributed by atoms with Gasteiger partial charge in [0.2, 0.25) is 5.62 Å². The lowest BCUT2D eigenvalue weighted by molar-refractivity contribution is -0.190. The highest BCUT2D eigenvalue weighted by atomic mass is 19.4. The number of carboxylic acid groups (broad SMARTS) is 1. The van der Waals surface area contributed by atoms with Gasteiger partial charge in [0.1, 0.15) is 0 Å². The van der Waals surface area contributed by atoms with E-state index in [1.807, 2.05) is 0 Å². The fourth-order valence-corrected chi connectivity index (χ4v) is 4.21. The van der Waals surface area contributed by atoms with E-state index in [-0.39, 0.29) is 18.2 Å².